The number of carbonyl (C=O) groups is 1. The van der Waals surface area contributed by atoms with Crippen molar-refractivity contribution in [3.05, 3.63) is 24.1 Å². The Labute approximate surface area is 112 Å². The monoisotopic (exact) mass is 261 g/mol. The Kier molecular flexibility index (Phi) is 3.85. The lowest BCUT2D eigenvalue weighted by Gasteiger charge is -2.09. The second kappa shape index (κ2) is 5.40. The van der Waals surface area contributed by atoms with Gasteiger partial charge in [-0.3, -0.25) is 4.79 Å². The molecule has 1 heterocycles. The predicted octanol–water partition coefficient (Wildman–Crippen LogP) is 2.63. The number of nitrogens with two attached hydrogens (primary N) is 1. The second-order valence-electron chi connectivity index (χ2n) is 4.89. The van der Waals surface area contributed by atoms with Crippen LogP contribution in [0.5, 0.6) is 0 Å². The van der Waals surface area contributed by atoms with Crippen molar-refractivity contribution in [2.45, 2.75) is 39.2 Å². The van der Waals surface area contributed by atoms with Crippen molar-refractivity contribution < 1.29 is 9.21 Å². The minimum Gasteiger partial charge on any atom is -0.440 e. The molecule has 2 aromatic rings. The average molecular weight is 261 g/mol. The molecule has 0 aliphatic heterocycles. The zero-order valence-corrected chi connectivity index (χ0v) is 11.4. The lowest BCUT2D eigenvalue weighted by atomic mass is 10.2. The van der Waals surface area contributed by atoms with Gasteiger partial charge in [0.25, 0.3) is 0 Å². The summed E-state index contributed by atoms with van der Waals surface area (Å²) in [4.78, 5) is 16.1. The van der Waals surface area contributed by atoms with E-state index in [2.05, 4.69) is 10.3 Å². The van der Waals surface area contributed by atoms with Gasteiger partial charge in [0.2, 0.25) is 5.91 Å². The highest BCUT2D eigenvalue weighted by Crippen LogP contribution is 2.23. The minimum atomic E-state index is -0.487. The van der Waals surface area contributed by atoms with Crippen molar-refractivity contribution in [2.75, 3.05) is 5.32 Å². The van der Waals surface area contributed by atoms with Gasteiger partial charge in [-0.15, -0.1) is 0 Å². The first-order valence-electron chi connectivity index (χ1n) is 6.48. The maximum atomic E-state index is 11.7. The van der Waals surface area contributed by atoms with E-state index in [9.17, 15) is 4.79 Å². The van der Waals surface area contributed by atoms with E-state index >= 15 is 0 Å². The molecule has 0 spiro atoms. The number of hydrogen-bond acceptors (Lipinski definition) is 4. The number of hydrogen-bond donors (Lipinski definition) is 2. The number of nitrogens with zero attached hydrogens (tertiary/aromatic N) is 1. The summed E-state index contributed by atoms with van der Waals surface area (Å²) in [5.41, 5.74) is 7.83. The van der Waals surface area contributed by atoms with E-state index in [0.29, 0.717) is 18.0 Å². The van der Waals surface area contributed by atoms with Crippen LogP contribution in [-0.4, -0.2) is 16.9 Å². The van der Waals surface area contributed by atoms with Crippen LogP contribution in [0.1, 0.15) is 39.0 Å². The molecule has 0 bridgehead atoms. The van der Waals surface area contributed by atoms with Gasteiger partial charge in [0, 0.05) is 11.6 Å². The van der Waals surface area contributed by atoms with Gasteiger partial charge < -0.3 is 15.5 Å². The van der Waals surface area contributed by atoms with Crippen LogP contribution < -0.4 is 11.1 Å². The second-order valence-corrected chi connectivity index (χ2v) is 4.89. The predicted molar refractivity (Wildman–Crippen MR) is 75.0 cm³/mol. The Morgan fingerprint density at radius 2 is 2.21 bits per heavy atom. The highest BCUT2D eigenvalue weighted by molar-refractivity contribution is 5.96. The fourth-order valence-corrected chi connectivity index (χ4v) is 1.69. The van der Waals surface area contributed by atoms with E-state index in [4.69, 9.17) is 10.2 Å². The van der Waals surface area contributed by atoms with Crippen molar-refractivity contribution in [1.82, 2.24) is 4.98 Å². The number of rotatable bonds is 4. The summed E-state index contributed by atoms with van der Waals surface area (Å²) in [6.07, 6.45) is 0.607. The van der Waals surface area contributed by atoms with Gasteiger partial charge in [-0.05, 0) is 24.6 Å². The van der Waals surface area contributed by atoms with Crippen molar-refractivity contribution in [3.8, 4) is 0 Å². The van der Waals surface area contributed by atoms with Crippen molar-refractivity contribution in [1.29, 1.82) is 0 Å². The molecule has 5 nitrogen and oxygen atoms in total. The van der Waals surface area contributed by atoms with Gasteiger partial charge in [0.15, 0.2) is 11.5 Å². The standard InChI is InChI=1S/C14H19N3O2/c1-4-10(15)13(18)16-9-5-6-12-11(7-9)17-14(19-12)8(2)3/h5-8,10H,4,15H2,1-3H3,(H,16,18)/t10-/m1/s1. The summed E-state index contributed by atoms with van der Waals surface area (Å²) in [5, 5.41) is 2.78. The van der Waals surface area contributed by atoms with E-state index < -0.39 is 6.04 Å². The van der Waals surface area contributed by atoms with Gasteiger partial charge in [-0.2, -0.15) is 0 Å². The van der Waals surface area contributed by atoms with Crippen molar-refractivity contribution in [2.24, 2.45) is 5.73 Å². The third-order valence-electron chi connectivity index (χ3n) is 2.94. The number of amides is 1. The summed E-state index contributed by atoms with van der Waals surface area (Å²) < 4.78 is 5.61. The van der Waals surface area contributed by atoms with Crippen molar-refractivity contribution >= 4 is 22.7 Å². The lowest BCUT2D eigenvalue weighted by molar-refractivity contribution is -0.117. The van der Waals surface area contributed by atoms with E-state index in [1.807, 2.05) is 20.8 Å². The number of fused-ring (bicyclic) bond motifs is 1. The number of anilines is 1. The molecule has 19 heavy (non-hydrogen) atoms. The van der Waals surface area contributed by atoms with Crippen LogP contribution in [0.4, 0.5) is 5.69 Å². The van der Waals surface area contributed by atoms with Crippen LogP contribution in [0.3, 0.4) is 0 Å². The molecule has 0 saturated heterocycles. The summed E-state index contributed by atoms with van der Waals surface area (Å²) >= 11 is 0. The van der Waals surface area contributed by atoms with Crippen LogP contribution in [0.2, 0.25) is 0 Å². The Balaban J connectivity index is 2.24. The molecule has 0 aliphatic rings. The summed E-state index contributed by atoms with van der Waals surface area (Å²) in [6.45, 7) is 5.92. The molecule has 1 amide bonds. The average Bonchev–Trinajstić information content (AvgIpc) is 2.81. The molecule has 0 radical (unpaired) electrons. The van der Waals surface area contributed by atoms with E-state index in [1.54, 1.807) is 18.2 Å². The van der Waals surface area contributed by atoms with Crippen LogP contribution >= 0.6 is 0 Å². The normalized spacial score (nSPS) is 12.9. The van der Waals surface area contributed by atoms with E-state index in [-0.39, 0.29) is 11.8 Å². The highest BCUT2D eigenvalue weighted by atomic mass is 16.3. The van der Waals surface area contributed by atoms with Crippen LogP contribution in [0.25, 0.3) is 11.1 Å². The number of nitrogens with one attached hydrogen (secondary N) is 1. The largest absolute Gasteiger partial charge is 0.440 e. The number of oxazole rings is 1. The Hall–Kier alpha value is -1.88. The van der Waals surface area contributed by atoms with Crippen LogP contribution in [0.15, 0.2) is 22.6 Å². The molecule has 0 saturated carbocycles. The van der Waals surface area contributed by atoms with Gasteiger partial charge in [0.05, 0.1) is 6.04 Å². The zero-order chi connectivity index (χ0) is 14.0. The first-order valence-corrected chi connectivity index (χ1v) is 6.48. The first-order chi connectivity index (χ1) is 9.01. The molecular weight excluding hydrogens is 242 g/mol. The molecule has 1 aromatic carbocycles. The summed E-state index contributed by atoms with van der Waals surface area (Å²) in [6, 6.07) is 4.91. The Morgan fingerprint density at radius 1 is 1.47 bits per heavy atom. The molecule has 2 rings (SSSR count). The molecular formula is C14H19N3O2. The quantitative estimate of drug-likeness (QED) is 0.886. The molecule has 1 atom stereocenters. The molecule has 102 valence electrons. The molecule has 3 N–H and O–H groups in total. The van der Waals surface area contributed by atoms with Crippen LogP contribution in [-0.2, 0) is 4.79 Å². The Bertz CT molecular complexity index is 589. The number of aromatic nitrogens is 1. The molecule has 1 aromatic heterocycles. The zero-order valence-electron chi connectivity index (χ0n) is 11.4. The smallest absolute Gasteiger partial charge is 0.241 e. The highest BCUT2D eigenvalue weighted by Gasteiger charge is 2.13. The first kappa shape index (κ1) is 13.5. The third-order valence-corrected chi connectivity index (χ3v) is 2.94. The molecule has 0 fully saturated rings. The lowest BCUT2D eigenvalue weighted by Crippen LogP contribution is -2.34. The van der Waals surface area contributed by atoms with Gasteiger partial charge in [0.1, 0.15) is 5.52 Å². The molecule has 5 heteroatoms. The number of benzene rings is 1. The maximum Gasteiger partial charge on any atom is 0.241 e. The van der Waals surface area contributed by atoms with Crippen molar-refractivity contribution in [3.63, 3.8) is 0 Å². The third kappa shape index (κ3) is 2.93. The van der Waals surface area contributed by atoms with E-state index in [0.717, 1.165) is 11.1 Å². The summed E-state index contributed by atoms with van der Waals surface area (Å²) in [5.74, 6) is 0.747. The molecule has 0 aliphatic carbocycles. The number of carbonyl (C=O) groups excluding carboxylic acids is 1. The van der Waals surface area contributed by atoms with Gasteiger partial charge in [-0.1, -0.05) is 20.8 Å². The maximum absolute atomic E-state index is 11.7. The van der Waals surface area contributed by atoms with Crippen LogP contribution in [0, 0.1) is 0 Å². The summed E-state index contributed by atoms with van der Waals surface area (Å²) in [7, 11) is 0. The van der Waals surface area contributed by atoms with E-state index in [1.165, 1.54) is 0 Å². The van der Waals surface area contributed by atoms with Gasteiger partial charge >= 0.3 is 0 Å². The fourth-order valence-electron chi connectivity index (χ4n) is 1.69. The minimum absolute atomic E-state index is 0.186. The topological polar surface area (TPSA) is 81.2 Å². The van der Waals surface area contributed by atoms with Gasteiger partial charge in [-0.25, -0.2) is 4.98 Å². The SMILES string of the molecule is CC[C@@H](N)C(=O)Nc1ccc2oc(C(C)C)nc2c1. The fraction of sp³-hybridized carbons (Fsp3) is 0.429. The molecule has 0 unspecified atom stereocenters. The Morgan fingerprint density at radius 3 is 2.84 bits per heavy atom.